The first-order chi connectivity index (χ1) is 7.31. The molecule has 5 heteroatoms. The second-order valence-corrected chi connectivity index (χ2v) is 5.34. The van der Waals surface area contributed by atoms with Crippen molar-refractivity contribution in [1.82, 2.24) is 0 Å². The summed E-state index contributed by atoms with van der Waals surface area (Å²) >= 11 is 5.20. The highest BCUT2D eigenvalue weighted by Gasteiger charge is 2.21. The summed E-state index contributed by atoms with van der Waals surface area (Å²) in [4.78, 5) is 2.35. The molecule has 1 aliphatic heterocycles. The Morgan fingerprint density at radius 3 is 2.87 bits per heavy atom. The molecule has 15 heavy (non-hydrogen) atoms. The van der Waals surface area contributed by atoms with Gasteiger partial charge in [-0.05, 0) is 34.8 Å². The van der Waals surface area contributed by atoms with Gasteiger partial charge in [0.1, 0.15) is 0 Å². The summed E-state index contributed by atoms with van der Waals surface area (Å²) in [5, 5.41) is 8.78. The van der Waals surface area contributed by atoms with Crippen molar-refractivity contribution in [2.75, 3.05) is 19.8 Å². The Morgan fingerprint density at radius 2 is 2.20 bits per heavy atom. The quantitative estimate of drug-likeness (QED) is 0.927. The Morgan fingerprint density at radius 1 is 1.47 bits per heavy atom. The molecular formula is C10H13BrO3S. The molecule has 0 aliphatic carbocycles. The number of rotatable bonds is 4. The van der Waals surface area contributed by atoms with E-state index in [9.17, 15) is 0 Å². The minimum Gasteiger partial charge on any atom is -0.396 e. The summed E-state index contributed by atoms with van der Waals surface area (Å²) < 4.78 is 12.0. The molecule has 3 nitrogen and oxygen atoms in total. The predicted octanol–water partition coefficient (Wildman–Crippen LogP) is 2.48. The van der Waals surface area contributed by atoms with Crippen LogP contribution in [0.4, 0.5) is 0 Å². The molecule has 0 radical (unpaired) electrons. The van der Waals surface area contributed by atoms with Crippen molar-refractivity contribution in [2.24, 2.45) is 0 Å². The molecule has 0 saturated carbocycles. The van der Waals surface area contributed by atoms with E-state index in [1.54, 1.807) is 11.3 Å². The summed E-state index contributed by atoms with van der Waals surface area (Å²) in [6, 6.07) is 2.05. The molecule has 0 amide bonds. The van der Waals surface area contributed by atoms with Crippen LogP contribution in [0, 0.1) is 0 Å². The van der Waals surface area contributed by atoms with Crippen LogP contribution in [0.2, 0.25) is 0 Å². The third kappa shape index (κ3) is 2.79. The Hall–Kier alpha value is 0.0600. The van der Waals surface area contributed by atoms with Gasteiger partial charge >= 0.3 is 0 Å². The van der Waals surface area contributed by atoms with Gasteiger partial charge in [0, 0.05) is 16.0 Å². The summed E-state index contributed by atoms with van der Waals surface area (Å²) in [6.45, 7) is 1.58. The lowest BCUT2D eigenvalue weighted by Crippen LogP contribution is -1.93. The summed E-state index contributed by atoms with van der Waals surface area (Å²) in [7, 11) is 0. The van der Waals surface area contributed by atoms with Gasteiger partial charge in [0.15, 0.2) is 6.29 Å². The Kier molecular flexibility index (Phi) is 4.16. The van der Waals surface area contributed by atoms with E-state index >= 15 is 0 Å². The van der Waals surface area contributed by atoms with Crippen LogP contribution >= 0.6 is 27.3 Å². The maximum Gasteiger partial charge on any atom is 0.193 e. The van der Waals surface area contributed by atoms with Gasteiger partial charge in [-0.15, -0.1) is 11.3 Å². The third-order valence-electron chi connectivity index (χ3n) is 2.19. The number of aliphatic hydroxyl groups is 1. The zero-order chi connectivity index (χ0) is 10.7. The first kappa shape index (κ1) is 11.5. The van der Waals surface area contributed by atoms with Gasteiger partial charge < -0.3 is 14.6 Å². The molecule has 2 heterocycles. The molecule has 0 unspecified atom stereocenters. The molecule has 0 spiro atoms. The van der Waals surface area contributed by atoms with Gasteiger partial charge in [-0.1, -0.05) is 0 Å². The molecule has 1 N–H and O–H groups in total. The summed E-state index contributed by atoms with van der Waals surface area (Å²) in [5.74, 6) is 0. The lowest BCUT2D eigenvalue weighted by atomic mass is 10.3. The molecule has 84 valence electrons. The molecule has 2 rings (SSSR count). The third-order valence-corrected chi connectivity index (χ3v) is 4.38. The fourth-order valence-electron chi connectivity index (χ4n) is 1.47. The SMILES string of the molecule is OCCCc1sc(C2OCCO2)cc1Br. The van der Waals surface area contributed by atoms with E-state index in [4.69, 9.17) is 14.6 Å². The number of aliphatic hydroxyl groups excluding tert-OH is 1. The molecule has 1 aliphatic rings. The fourth-order valence-corrected chi connectivity index (χ4v) is 3.41. The van der Waals surface area contributed by atoms with Gasteiger partial charge in [0.05, 0.1) is 18.1 Å². The van der Waals surface area contributed by atoms with Crippen LogP contribution in [-0.4, -0.2) is 24.9 Å². The average Bonchev–Trinajstić information content (AvgIpc) is 2.83. The number of ether oxygens (including phenoxy) is 2. The molecule has 0 aromatic carbocycles. The standard InChI is InChI=1S/C10H13BrO3S/c11-7-6-9(10-13-4-5-14-10)15-8(7)2-1-3-12/h6,10,12H,1-5H2. The Balaban J connectivity index is 2.06. The topological polar surface area (TPSA) is 38.7 Å². The van der Waals surface area contributed by atoms with Crippen molar-refractivity contribution in [2.45, 2.75) is 19.1 Å². The highest BCUT2D eigenvalue weighted by molar-refractivity contribution is 9.10. The Bertz CT molecular complexity index is 320. The first-order valence-electron chi connectivity index (χ1n) is 4.93. The number of halogens is 1. The van der Waals surface area contributed by atoms with E-state index in [1.807, 2.05) is 6.07 Å². The molecule has 0 atom stereocenters. The zero-order valence-corrected chi connectivity index (χ0v) is 10.6. The normalized spacial score (nSPS) is 17.5. The summed E-state index contributed by atoms with van der Waals surface area (Å²) in [5.41, 5.74) is 0. The second kappa shape index (κ2) is 5.41. The summed E-state index contributed by atoms with van der Waals surface area (Å²) in [6.07, 6.45) is 1.51. The van der Waals surface area contributed by atoms with Crippen molar-refractivity contribution >= 4 is 27.3 Å². The molecule has 1 fully saturated rings. The number of aryl methyl sites for hydroxylation is 1. The van der Waals surface area contributed by atoms with Gasteiger partial charge in [0.2, 0.25) is 0 Å². The number of thiophene rings is 1. The van der Waals surface area contributed by atoms with Gasteiger partial charge in [0.25, 0.3) is 0 Å². The minimum absolute atomic E-state index is 0.186. The largest absolute Gasteiger partial charge is 0.396 e. The van der Waals surface area contributed by atoms with Crippen molar-refractivity contribution in [1.29, 1.82) is 0 Å². The van der Waals surface area contributed by atoms with Gasteiger partial charge in [-0.3, -0.25) is 0 Å². The van der Waals surface area contributed by atoms with E-state index < -0.39 is 0 Å². The molecule has 1 aromatic rings. The average molecular weight is 293 g/mol. The zero-order valence-electron chi connectivity index (χ0n) is 8.24. The molecule has 0 bridgehead atoms. The van der Waals surface area contributed by atoms with Gasteiger partial charge in [-0.25, -0.2) is 0 Å². The van der Waals surface area contributed by atoms with Gasteiger partial charge in [-0.2, -0.15) is 0 Å². The lowest BCUT2D eigenvalue weighted by Gasteiger charge is -2.04. The minimum atomic E-state index is -0.186. The molecule has 1 saturated heterocycles. The number of hydrogen-bond donors (Lipinski definition) is 1. The van der Waals surface area contributed by atoms with Crippen LogP contribution in [-0.2, 0) is 15.9 Å². The Labute approximate surface area is 101 Å². The molecule has 1 aromatic heterocycles. The van der Waals surface area contributed by atoms with Crippen molar-refractivity contribution in [3.05, 3.63) is 20.3 Å². The molecular weight excluding hydrogens is 280 g/mol. The van der Waals surface area contributed by atoms with E-state index in [0.717, 1.165) is 22.2 Å². The maximum absolute atomic E-state index is 8.78. The predicted molar refractivity (Wildman–Crippen MR) is 62.1 cm³/mol. The second-order valence-electron chi connectivity index (χ2n) is 3.32. The van der Waals surface area contributed by atoms with Crippen LogP contribution in [0.3, 0.4) is 0 Å². The fraction of sp³-hybridized carbons (Fsp3) is 0.600. The van der Waals surface area contributed by atoms with Crippen molar-refractivity contribution in [3.8, 4) is 0 Å². The number of hydrogen-bond acceptors (Lipinski definition) is 4. The van der Waals surface area contributed by atoms with Crippen molar-refractivity contribution < 1.29 is 14.6 Å². The van der Waals surface area contributed by atoms with E-state index in [-0.39, 0.29) is 12.9 Å². The highest BCUT2D eigenvalue weighted by atomic mass is 79.9. The van der Waals surface area contributed by atoms with Crippen LogP contribution in [0.25, 0.3) is 0 Å². The lowest BCUT2D eigenvalue weighted by molar-refractivity contribution is -0.0413. The van der Waals surface area contributed by atoms with E-state index in [0.29, 0.717) is 13.2 Å². The van der Waals surface area contributed by atoms with Crippen LogP contribution in [0.1, 0.15) is 22.5 Å². The van der Waals surface area contributed by atoms with Crippen LogP contribution in [0.15, 0.2) is 10.5 Å². The first-order valence-corrected chi connectivity index (χ1v) is 6.54. The monoisotopic (exact) mass is 292 g/mol. The maximum atomic E-state index is 8.78. The van der Waals surface area contributed by atoms with E-state index in [1.165, 1.54) is 4.88 Å². The van der Waals surface area contributed by atoms with Crippen molar-refractivity contribution in [3.63, 3.8) is 0 Å². The smallest absolute Gasteiger partial charge is 0.193 e. The van der Waals surface area contributed by atoms with E-state index in [2.05, 4.69) is 15.9 Å². The van der Waals surface area contributed by atoms with Crippen LogP contribution in [0.5, 0.6) is 0 Å². The highest BCUT2D eigenvalue weighted by Crippen LogP contribution is 2.35. The van der Waals surface area contributed by atoms with Crippen LogP contribution < -0.4 is 0 Å².